The molecule has 0 fully saturated rings. The van der Waals surface area contributed by atoms with Crippen molar-refractivity contribution < 1.29 is 0 Å². The van der Waals surface area contributed by atoms with E-state index in [4.69, 9.17) is 5.73 Å². The molecule has 4 nitrogen and oxygen atoms in total. The van der Waals surface area contributed by atoms with Crippen molar-refractivity contribution in [3.8, 4) is 0 Å². The minimum absolute atomic E-state index is 0. The highest BCUT2D eigenvalue weighted by atomic mass is 127. The van der Waals surface area contributed by atoms with E-state index in [2.05, 4.69) is 53.3 Å². The second-order valence-electron chi connectivity index (χ2n) is 3.90. The van der Waals surface area contributed by atoms with Gasteiger partial charge in [0.25, 0.3) is 0 Å². The highest BCUT2D eigenvalue weighted by molar-refractivity contribution is 14.0. The number of halogens is 1. The van der Waals surface area contributed by atoms with Gasteiger partial charge in [-0.25, -0.2) is 0 Å². The van der Waals surface area contributed by atoms with Crippen LogP contribution in [0.1, 0.15) is 12.5 Å². The molecule has 102 valence electrons. The number of guanidine groups is 1. The highest BCUT2D eigenvalue weighted by Crippen LogP contribution is 2.18. The maximum Gasteiger partial charge on any atom is 0.188 e. The summed E-state index contributed by atoms with van der Waals surface area (Å²) in [5.74, 6) is 0.492. The van der Waals surface area contributed by atoms with Crippen molar-refractivity contribution in [3.63, 3.8) is 0 Å². The first-order chi connectivity index (χ1) is 8.19. The molecule has 0 unspecified atom stereocenters. The summed E-state index contributed by atoms with van der Waals surface area (Å²) in [6.45, 7) is 6.98. The molecule has 0 bridgehead atoms. The van der Waals surface area contributed by atoms with Crippen LogP contribution in [0.15, 0.2) is 29.3 Å². The van der Waals surface area contributed by atoms with Crippen LogP contribution in [0.5, 0.6) is 0 Å². The standard InChI is InChI=1S/C13H22N4.HI/c1-4-17(10-9-16-13(14)15-3)12-8-6-5-7-11(12)2;/h5-8H,4,9-10H2,1-3H3,(H3,14,15,16);1H. The van der Waals surface area contributed by atoms with Gasteiger partial charge in [-0.3, -0.25) is 4.99 Å². The number of nitrogens with two attached hydrogens (primary N) is 1. The number of anilines is 1. The van der Waals surface area contributed by atoms with Crippen LogP contribution in [0, 0.1) is 6.92 Å². The Morgan fingerprint density at radius 3 is 2.61 bits per heavy atom. The molecule has 5 heteroatoms. The Morgan fingerprint density at radius 2 is 2.06 bits per heavy atom. The summed E-state index contributed by atoms with van der Waals surface area (Å²) >= 11 is 0. The highest BCUT2D eigenvalue weighted by Gasteiger charge is 2.05. The van der Waals surface area contributed by atoms with Gasteiger partial charge in [0.1, 0.15) is 0 Å². The molecule has 18 heavy (non-hydrogen) atoms. The number of aryl methyl sites for hydroxylation is 1. The molecular weight excluding hydrogens is 339 g/mol. The first-order valence-corrected chi connectivity index (χ1v) is 5.95. The third kappa shape index (κ3) is 5.12. The van der Waals surface area contributed by atoms with Crippen LogP contribution < -0.4 is 16.0 Å². The van der Waals surface area contributed by atoms with E-state index in [0.717, 1.165) is 19.6 Å². The minimum Gasteiger partial charge on any atom is -0.370 e. The summed E-state index contributed by atoms with van der Waals surface area (Å²) in [7, 11) is 1.68. The van der Waals surface area contributed by atoms with Crippen LogP contribution in [0.3, 0.4) is 0 Å². The number of rotatable bonds is 5. The quantitative estimate of drug-likeness (QED) is 0.479. The third-order valence-corrected chi connectivity index (χ3v) is 2.77. The second-order valence-corrected chi connectivity index (χ2v) is 3.90. The van der Waals surface area contributed by atoms with Gasteiger partial charge in [-0.05, 0) is 25.5 Å². The fraction of sp³-hybridized carbons (Fsp3) is 0.462. The largest absolute Gasteiger partial charge is 0.370 e. The zero-order valence-corrected chi connectivity index (χ0v) is 13.6. The van der Waals surface area contributed by atoms with Gasteiger partial charge in [0.05, 0.1) is 0 Å². The lowest BCUT2D eigenvalue weighted by molar-refractivity contribution is 0.770. The summed E-state index contributed by atoms with van der Waals surface area (Å²) < 4.78 is 0. The summed E-state index contributed by atoms with van der Waals surface area (Å²) in [6, 6.07) is 8.41. The Kier molecular flexibility index (Phi) is 8.53. The summed E-state index contributed by atoms with van der Waals surface area (Å²) in [4.78, 5) is 6.19. The van der Waals surface area contributed by atoms with Crippen LogP contribution in [0.4, 0.5) is 5.69 Å². The van der Waals surface area contributed by atoms with E-state index < -0.39 is 0 Å². The minimum atomic E-state index is 0. The fourth-order valence-corrected chi connectivity index (χ4v) is 1.77. The molecule has 1 aromatic carbocycles. The van der Waals surface area contributed by atoms with Gasteiger partial charge in [0, 0.05) is 32.4 Å². The van der Waals surface area contributed by atoms with Gasteiger partial charge < -0.3 is 16.0 Å². The van der Waals surface area contributed by atoms with Gasteiger partial charge in [-0.1, -0.05) is 18.2 Å². The number of nitrogens with one attached hydrogen (secondary N) is 1. The normalized spacial score (nSPS) is 10.7. The lowest BCUT2D eigenvalue weighted by Gasteiger charge is -2.25. The molecule has 1 rings (SSSR count). The predicted octanol–water partition coefficient (Wildman–Crippen LogP) is 1.97. The van der Waals surface area contributed by atoms with Crippen molar-refractivity contribution in [2.75, 3.05) is 31.6 Å². The van der Waals surface area contributed by atoms with Gasteiger partial charge >= 0.3 is 0 Å². The van der Waals surface area contributed by atoms with Gasteiger partial charge in [0.2, 0.25) is 0 Å². The molecule has 0 aliphatic rings. The molecule has 0 heterocycles. The Hall–Kier alpha value is -0.980. The Bertz CT molecular complexity index is 379. The molecule has 0 radical (unpaired) electrons. The fourth-order valence-electron chi connectivity index (χ4n) is 1.77. The van der Waals surface area contributed by atoms with Crippen molar-refractivity contribution in [2.24, 2.45) is 10.7 Å². The first-order valence-electron chi connectivity index (χ1n) is 5.95. The summed E-state index contributed by atoms with van der Waals surface area (Å²) in [6.07, 6.45) is 0. The number of nitrogens with zero attached hydrogens (tertiary/aromatic N) is 2. The number of hydrogen-bond acceptors (Lipinski definition) is 2. The second kappa shape index (κ2) is 9.02. The molecule has 0 aromatic heterocycles. The molecular formula is C13H23IN4. The number of hydrogen-bond donors (Lipinski definition) is 2. The lowest BCUT2D eigenvalue weighted by atomic mass is 10.2. The van der Waals surface area contributed by atoms with Crippen LogP contribution in [-0.2, 0) is 0 Å². The number of likely N-dealkylation sites (N-methyl/N-ethyl adjacent to an activating group) is 1. The van der Waals surface area contributed by atoms with E-state index in [1.165, 1.54) is 11.3 Å². The molecule has 0 saturated carbocycles. The Morgan fingerprint density at radius 1 is 1.39 bits per heavy atom. The van der Waals surface area contributed by atoms with Gasteiger partial charge in [0.15, 0.2) is 5.96 Å². The maximum absolute atomic E-state index is 5.59. The van der Waals surface area contributed by atoms with Crippen LogP contribution in [0.25, 0.3) is 0 Å². The molecule has 3 N–H and O–H groups in total. The lowest BCUT2D eigenvalue weighted by Crippen LogP contribution is -2.38. The monoisotopic (exact) mass is 362 g/mol. The zero-order chi connectivity index (χ0) is 12.7. The van der Waals surface area contributed by atoms with Crippen molar-refractivity contribution in [3.05, 3.63) is 29.8 Å². The van der Waals surface area contributed by atoms with E-state index in [9.17, 15) is 0 Å². The van der Waals surface area contributed by atoms with Crippen molar-refractivity contribution in [1.29, 1.82) is 0 Å². The van der Waals surface area contributed by atoms with E-state index >= 15 is 0 Å². The topological polar surface area (TPSA) is 53.6 Å². The molecule has 0 aliphatic heterocycles. The van der Waals surface area contributed by atoms with Crippen molar-refractivity contribution >= 4 is 35.6 Å². The molecule has 1 aromatic rings. The van der Waals surface area contributed by atoms with Crippen molar-refractivity contribution in [1.82, 2.24) is 5.32 Å². The zero-order valence-electron chi connectivity index (χ0n) is 11.3. The first kappa shape index (κ1) is 17.0. The van der Waals surface area contributed by atoms with Crippen molar-refractivity contribution in [2.45, 2.75) is 13.8 Å². The van der Waals surface area contributed by atoms with E-state index in [0.29, 0.717) is 5.96 Å². The Labute approximate surface area is 127 Å². The van der Waals surface area contributed by atoms with Gasteiger partial charge in [-0.2, -0.15) is 0 Å². The number of aliphatic imine (C=N–C) groups is 1. The summed E-state index contributed by atoms with van der Waals surface area (Å²) in [5.41, 5.74) is 8.17. The summed E-state index contributed by atoms with van der Waals surface area (Å²) in [5, 5.41) is 3.07. The van der Waals surface area contributed by atoms with Crippen LogP contribution in [-0.4, -0.2) is 32.6 Å². The molecule has 0 spiro atoms. The molecule has 0 amide bonds. The van der Waals surface area contributed by atoms with Gasteiger partial charge in [-0.15, -0.1) is 24.0 Å². The molecule has 0 atom stereocenters. The maximum atomic E-state index is 5.59. The molecule has 0 saturated heterocycles. The van der Waals surface area contributed by atoms with Crippen LogP contribution in [0.2, 0.25) is 0 Å². The number of para-hydroxylation sites is 1. The van der Waals surface area contributed by atoms with Crippen LogP contribution >= 0.6 is 24.0 Å². The number of benzene rings is 1. The average Bonchev–Trinajstić information content (AvgIpc) is 2.35. The smallest absolute Gasteiger partial charge is 0.188 e. The van der Waals surface area contributed by atoms with E-state index in [1.54, 1.807) is 7.05 Å². The average molecular weight is 362 g/mol. The van der Waals surface area contributed by atoms with E-state index in [1.807, 2.05) is 0 Å². The molecule has 0 aliphatic carbocycles. The third-order valence-electron chi connectivity index (χ3n) is 2.77. The van der Waals surface area contributed by atoms with E-state index in [-0.39, 0.29) is 24.0 Å². The predicted molar refractivity (Wildman–Crippen MR) is 90.0 cm³/mol. The SMILES string of the molecule is CCN(CCNC(N)=NC)c1ccccc1C.I. The Balaban J connectivity index is 0.00000289.